The van der Waals surface area contributed by atoms with Gasteiger partial charge in [-0.1, -0.05) is 6.07 Å². The van der Waals surface area contributed by atoms with Gasteiger partial charge in [-0.3, -0.25) is 4.90 Å². The number of imidazole rings is 1. The predicted octanol–water partition coefficient (Wildman–Crippen LogP) is 1.36. The van der Waals surface area contributed by atoms with E-state index in [0.29, 0.717) is 29.1 Å². The van der Waals surface area contributed by atoms with E-state index in [1.165, 1.54) is 10.2 Å². The summed E-state index contributed by atoms with van der Waals surface area (Å²) in [6.07, 6.45) is 1.20. The third-order valence-corrected chi connectivity index (χ3v) is 6.54. The number of benzene rings is 1. The van der Waals surface area contributed by atoms with Crippen LogP contribution in [-0.4, -0.2) is 73.1 Å². The van der Waals surface area contributed by atoms with Crippen molar-refractivity contribution in [2.24, 2.45) is 0 Å². The van der Waals surface area contributed by atoms with Crippen LogP contribution >= 0.6 is 0 Å². The molecule has 2 N–H and O–H groups in total. The van der Waals surface area contributed by atoms with E-state index in [1.54, 1.807) is 32.0 Å². The minimum Gasteiger partial charge on any atom is -0.379 e. The van der Waals surface area contributed by atoms with Crippen molar-refractivity contribution in [1.82, 2.24) is 13.9 Å². The molecule has 1 fully saturated rings. The second-order valence-electron chi connectivity index (χ2n) is 6.57. The van der Waals surface area contributed by atoms with E-state index in [0.717, 1.165) is 32.8 Å². The SMILES string of the molecule is CC(C)S(=O)(=O)n1c(NCCN2CCOCC2)nc2ccc(C=N)cc21. The molecular weight excluding hydrogens is 354 g/mol. The summed E-state index contributed by atoms with van der Waals surface area (Å²) in [5, 5.41) is 10.0. The summed E-state index contributed by atoms with van der Waals surface area (Å²) in [5.41, 5.74) is 1.72. The Kier molecular flexibility index (Phi) is 5.59. The van der Waals surface area contributed by atoms with Crippen LogP contribution in [0.3, 0.4) is 0 Å². The number of rotatable bonds is 7. The van der Waals surface area contributed by atoms with E-state index in [9.17, 15) is 8.42 Å². The Balaban J connectivity index is 1.91. The number of nitrogens with one attached hydrogen (secondary N) is 2. The molecule has 1 aromatic carbocycles. The van der Waals surface area contributed by atoms with E-state index in [4.69, 9.17) is 10.1 Å². The zero-order chi connectivity index (χ0) is 18.7. The monoisotopic (exact) mass is 379 g/mol. The van der Waals surface area contributed by atoms with Gasteiger partial charge >= 0.3 is 0 Å². The molecule has 1 aliphatic rings. The number of fused-ring (bicyclic) bond motifs is 1. The van der Waals surface area contributed by atoms with Crippen LogP contribution < -0.4 is 5.32 Å². The fourth-order valence-corrected chi connectivity index (χ4v) is 4.08. The summed E-state index contributed by atoms with van der Waals surface area (Å²) >= 11 is 0. The van der Waals surface area contributed by atoms with Crippen LogP contribution in [0.2, 0.25) is 0 Å². The van der Waals surface area contributed by atoms with Crippen molar-refractivity contribution in [2.45, 2.75) is 19.1 Å². The molecule has 0 saturated carbocycles. The van der Waals surface area contributed by atoms with E-state index in [-0.39, 0.29) is 0 Å². The Morgan fingerprint density at radius 1 is 1.35 bits per heavy atom. The Morgan fingerprint density at radius 3 is 2.73 bits per heavy atom. The van der Waals surface area contributed by atoms with Gasteiger partial charge in [-0.25, -0.2) is 17.4 Å². The lowest BCUT2D eigenvalue weighted by Crippen LogP contribution is -2.39. The zero-order valence-corrected chi connectivity index (χ0v) is 15.9. The topological polar surface area (TPSA) is 100 Å². The van der Waals surface area contributed by atoms with Crippen LogP contribution in [-0.2, 0) is 14.8 Å². The number of hydrogen-bond acceptors (Lipinski definition) is 7. The molecule has 0 aliphatic carbocycles. The Labute approximate surface area is 153 Å². The van der Waals surface area contributed by atoms with Gasteiger partial charge in [0.15, 0.2) is 0 Å². The first-order valence-electron chi connectivity index (χ1n) is 8.75. The van der Waals surface area contributed by atoms with E-state index in [2.05, 4.69) is 15.2 Å². The van der Waals surface area contributed by atoms with Crippen molar-refractivity contribution in [2.75, 3.05) is 44.7 Å². The summed E-state index contributed by atoms with van der Waals surface area (Å²) < 4.78 is 32.4. The Morgan fingerprint density at radius 2 is 2.08 bits per heavy atom. The van der Waals surface area contributed by atoms with Gasteiger partial charge in [0, 0.05) is 32.4 Å². The highest BCUT2D eigenvalue weighted by Crippen LogP contribution is 2.25. The van der Waals surface area contributed by atoms with Gasteiger partial charge in [-0.05, 0) is 31.5 Å². The minimum atomic E-state index is -3.59. The lowest BCUT2D eigenvalue weighted by molar-refractivity contribution is 0.0398. The first-order valence-corrected chi connectivity index (χ1v) is 10.2. The van der Waals surface area contributed by atoms with Crippen molar-refractivity contribution >= 4 is 33.2 Å². The van der Waals surface area contributed by atoms with Gasteiger partial charge in [0.2, 0.25) is 16.0 Å². The Hall–Kier alpha value is -1.97. The van der Waals surface area contributed by atoms with Crippen molar-refractivity contribution in [1.29, 1.82) is 5.41 Å². The smallest absolute Gasteiger partial charge is 0.244 e. The van der Waals surface area contributed by atoms with Crippen LogP contribution in [0.15, 0.2) is 18.2 Å². The quantitative estimate of drug-likeness (QED) is 0.705. The van der Waals surface area contributed by atoms with Crippen molar-refractivity contribution < 1.29 is 13.2 Å². The molecule has 0 spiro atoms. The first-order chi connectivity index (χ1) is 12.4. The fourth-order valence-electron chi connectivity index (χ4n) is 2.89. The van der Waals surface area contributed by atoms with Crippen LogP contribution in [0.1, 0.15) is 19.4 Å². The van der Waals surface area contributed by atoms with Crippen LogP contribution in [0.4, 0.5) is 5.95 Å². The van der Waals surface area contributed by atoms with E-state index >= 15 is 0 Å². The summed E-state index contributed by atoms with van der Waals surface area (Å²) in [6.45, 7) is 7.90. The highest BCUT2D eigenvalue weighted by molar-refractivity contribution is 7.90. The molecule has 1 saturated heterocycles. The largest absolute Gasteiger partial charge is 0.379 e. The summed E-state index contributed by atoms with van der Waals surface area (Å²) in [5.74, 6) is 0.323. The molecule has 3 rings (SSSR count). The maximum Gasteiger partial charge on any atom is 0.244 e. The molecule has 8 nitrogen and oxygen atoms in total. The summed E-state index contributed by atoms with van der Waals surface area (Å²) in [4.78, 5) is 6.75. The maximum atomic E-state index is 12.9. The molecule has 0 atom stereocenters. The molecule has 1 aliphatic heterocycles. The van der Waals surface area contributed by atoms with Gasteiger partial charge in [0.1, 0.15) is 0 Å². The zero-order valence-electron chi connectivity index (χ0n) is 15.1. The number of ether oxygens (including phenoxy) is 1. The maximum absolute atomic E-state index is 12.9. The number of nitrogens with zero attached hydrogens (tertiary/aromatic N) is 3. The molecule has 26 heavy (non-hydrogen) atoms. The Bertz CT molecular complexity index is 885. The number of anilines is 1. The highest BCUT2D eigenvalue weighted by atomic mass is 32.2. The molecule has 0 bridgehead atoms. The van der Waals surface area contributed by atoms with Gasteiger partial charge in [0.05, 0.1) is 29.5 Å². The molecule has 0 radical (unpaired) electrons. The fraction of sp³-hybridized carbons (Fsp3) is 0.529. The van der Waals surface area contributed by atoms with Crippen molar-refractivity contribution in [3.05, 3.63) is 23.8 Å². The third kappa shape index (κ3) is 3.74. The van der Waals surface area contributed by atoms with E-state index in [1.807, 2.05) is 0 Å². The molecule has 0 unspecified atom stereocenters. The van der Waals surface area contributed by atoms with Crippen molar-refractivity contribution in [3.63, 3.8) is 0 Å². The summed E-state index contributed by atoms with van der Waals surface area (Å²) in [6, 6.07) is 5.18. The molecule has 2 aromatic rings. The number of morpholine rings is 1. The average molecular weight is 379 g/mol. The highest BCUT2D eigenvalue weighted by Gasteiger charge is 2.25. The number of aromatic nitrogens is 2. The predicted molar refractivity (Wildman–Crippen MR) is 103 cm³/mol. The van der Waals surface area contributed by atoms with Gasteiger partial charge in [-0.15, -0.1) is 0 Å². The average Bonchev–Trinajstić information content (AvgIpc) is 3.00. The molecule has 142 valence electrons. The second-order valence-corrected chi connectivity index (χ2v) is 8.90. The molecule has 9 heteroatoms. The molecule has 2 heterocycles. The van der Waals surface area contributed by atoms with E-state index < -0.39 is 15.3 Å². The number of hydrogen-bond donors (Lipinski definition) is 2. The van der Waals surface area contributed by atoms with Crippen LogP contribution in [0, 0.1) is 5.41 Å². The van der Waals surface area contributed by atoms with Gasteiger partial charge in [0.25, 0.3) is 0 Å². The van der Waals surface area contributed by atoms with Gasteiger partial charge < -0.3 is 15.5 Å². The lowest BCUT2D eigenvalue weighted by Gasteiger charge is -2.26. The molecule has 0 amide bonds. The second kappa shape index (κ2) is 7.73. The van der Waals surface area contributed by atoms with Crippen LogP contribution in [0.25, 0.3) is 11.0 Å². The lowest BCUT2D eigenvalue weighted by atomic mass is 10.2. The third-order valence-electron chi connectivity index (χ3n) is 4.47. The van der Waals surface area contributed by atoms with Gasteiger partial charge in [-0.2, -0.15) is 0 Å². The van der Waals surface area contributed by atoms with Crippen LogP contribution in [0.5, 0.6) is 0 Å². The van der Waals surface area contributed by atoms with Crippen molar-refractivity contribution in [3.8, 4) is 0 Å². The molecule has 1 aromatic heterocycles. The first kappa shape index (κ1) is 18.8. The molecular formula is C17H25N5O3S. The minimum absolute atomic E-state index is 0.323. The standard InChI is InChI=1S/C17H25N5O3S/c1-13(2)26(23,24)22-16-11-14(12-18)3-4-15(16)20-17(22)19-5-6-21-7-9-25-10-8-21/h3-4,11-13,18H,5-10H2,1-2H3,(H,19,20). The summed E-state index contributed by atoms with van der Waals surface area (Å²) in [7, 11) is -3.59. The normalized spacial score (nSPS) is 16.3.